The van der Waals surface area contributed by atoms with Gasteiger partial charge in [-0.15, -0.1) is 0 Å². The van der Waals surface area contributed by atoms with E-state index < -0.39 is 0 Å². The average molecular weight is 372 g/mol. The zero-order valence-corrected chi connectivity index (χ0v) is 15.5. The van der Waals surface area contributed by atoms with Crippen LogP contribution in [-0.4, -0.2) is 12.0 Å². The first-order valence-electron chi connectivity index (χ1n) is 9.43. The molecule has 2 aliphatic rings. The molecule has 0 unspecified atom stereocenters. The van der Waals surface area contributed by atoms with Crippen LogP contribution >= 0.6 is 0 Å². The maximum absolute atomic E-state index is 11.4. The maximum atomic E-state index is 11.4. The van der Waals surface area contributed by atoms with Gasteiger partial charge in [-0.2, -0.15) is 0 Å². The average Bonchev–Trinajstić information content (AvgIpc) is 3.12. The van der Waals surface area contributed by atoms with Gasteiger partial charge in [-0.3, -0.25) is 10.1 Å². The zero-order valence-electron chi connectivity index (χ0n) is 15.5. The lowest BCUT2D eigenvalue weighted by atomic mass is 9.75. The second-order valence-electron chi connectivity index (χ2n) is 7.44. The van der Waals surface area contributed by atoms with Crippen molar-refractivity contribution >= 4 is 11.4 Å². The third-order valence-electron chi connectivity index (χ3n) is 6.07. The summed E-state index contributed by atoms with van der Waals surface area (Å²) in [7, 11) is 1.69. The van der Waals surface area contributed by atoms with Crippen LogP contribution in [0.3, 0.4) is 0 Å². The van der Waals surface area contributed by atoms with Crippen LogP contribution in [-0.2, 0) is 6.42 Å². The van der Waals surface area contributed by atoms with Crippen LogP contribution in [0.5, 0.6) is 5.75 Å². The highest BCUT2D eigenvalue weighted by atomic mass is 16.6. The predicted molar refractivity (Wildman–Crippen MR) is 108 cm³/mol. The molecule has 0 saturated heterocycles. The third-order valence-corrected chi connectivity index (χ3v) is 6.07. The lowest BCUT2D eigenvalue weighted by molar-refractivity contribution is -0.384. The highest BCUT2D eigenvalue weighted by Gasteiger charge is 2.44. The van der Waals surface area contributed by atoms with Gasteiger partial charge in [0.15, 0.2) is 0 Å². The van der Waals surface area contributed by atoms with E-state index in [-0.39, 0.29) is 28.5 Å². The van der Waals surface area contributed by atoms with Crippen LogP contribution in [0.15, 0.2) is 66.7 Å². The number of benzene rings is 3. The first kappa shape index (κ1) is 16.8. The van der Waals surface area contributed by atoms with Gasteiger partial charge in [0.2, 0.25) is 0 Å². The number of ether oxygens (including phenoxy) is 1. The van der Waals surface area contributed by atoms with Gasteiger partial charge in [0.1, 0.15) is 5.75 Å². The molecule has 0 amide bonds. The van der Waals surface area contributed by atoms with Gasteiger partial charge >= 0.3 is 0 Å². The minimum absolute atomic E-state index is 0.0718. The van der Waals surface area contributed by atoms with Crippen molar-refractivity contribution in [1.29, 1.82) is 0 Å². The molecule has 5 nitrogen and oxygen atoms in total. The van der Waals surface area contributed by atoms with Crippen LogP contribution in [0, 0.1) is 16.0 Å². The van der Waals surface area contributed by atoms with E-state index >= 15 is 0 Å². The van der Waals surface area contributed by atoms with Crippen molar-refractivity contribution in [3.05, 3.63) is 99.1 Å². The molecule has 28 heavy (non-hydrogen) atoms. The summed E-state index contributed by atoms with van der Waals surface area (Å²) in [5, 5.41) is 15.0. The summed E-state index contributed by atoms with van der Waals surface area (Å²) in [6, 6.07) is 21.8. The number of hydrogen-bond donors (Lipinski definition) is 1. The Bertz CT molecular complexity index is 1080. The number of nitrogens with zero attached hydrogens (tertiary/aromatic N) is 1. The summed E-state index contributed by atoms with van der Waals surface area (Å²) in [6.07, 6.45) is 0.929. The Morgan fingerprint density at radius 1 is 1.00 bits per heavy atom. The van der Waals surface area contributed by atoms with Gasteiger partial charge in [0, 0.05) is 29.3 Å². The van der Waals surface area contributed by atoms with Gasteiger partial charge < -0.3 is 10.1 Å². The number of nitro groups is 1. The van der Waals surface area contributed by atoms with Gasteiger partial charge in [-0.1, -0.05) is 42.5 Å². The number of para-hydroxylation sites is 1. The summed E-state index contributed by atoms with van der Waals surface area (Å²) in [4.78, 5) is 11.0. The largest absolute Gasteiger partial charge is 0.496 e. The van der Waals surface area contributed by atoms with E-state index in [1.165, 1.54) is 11.1 Å². The van der Waals surface area contributed by atoms with E-state index in [1.54, 1.807) is 19.2 Å². The van der Waals surface area contributed by atoms with Crippen LogP contribution in [0.1, 0.15) is 34.2 Å². The molecule has 0 aromatic heterocycles. The number of non-ortho nitro benzene ring substituents is 1. The summed E-state index contributed by atoms with van der Waals surface area (Å²) in [5.74, 6) is 1.26. The minimum Gasteiger partial charge on any atom is -0.496 e. The van der Waals surface area contributed by atoms with E-state index in [4.69, 9.17) is 4.74 Å². The first-order valence-corrected chi connectivity index (χ1v) is 9.43. The van der Waals surface area contributed by atoms with Gasteiger partial charge in [0.25, 0.3) is 5.69 Å². The Labute approximate surface area is 163 Å². The van der Waals surface area contributed by atoms with Crippen molar-refractivity contribution in [3.8, 4) is 5.75 Å². The molecule has 140 valence electrons. The molecule has 0 bridgehead atoms. The lowest BCUT2D eigenvalue weighted by Crippen LogP contribution is -2.30. The third kappa shape index (κ3) is 2.47. The molecule has 3 aromatic rings. The fourth-order valence-corrected chi connectivity index (χ4v) is 4.89. The first-order chi connectivity index (χ1) is 13.7. The number of nitro benzene ring substituents is 1. The number of fused-ring (bicyclic) bond motifs is 5. The summed E-state index contributed by atoms with van der Waals surface area (Å²) in [5.41, 5.74) is 5.82. The van der Waals surface area contributed by atoms with E-state index in [1.807, 2.05) is 24.3 Å². The molecule has 1 N–H and O–H groups in total. The smallest absolute Gasteiger partial charge is 0.269 e. The highest BCUT2D eigenvalue weighted by molar-refractivity contribution is 5.66. The van der Waals surface area contributed by atoms with Crippen molar-refractivity contribution in [2.45, 2.75) is 18.4 Å². The molecule has 0 radical (unpaired) electrons. The van der Waals surface area contributed by atoms with Gasteiger partial charge in [-0.05, 0) is 41.2 Å². The van der Waals surface area contributed by atoms with Crippen LogP contribution in [0.4, 0.5) is 11.4 Å². The van der Waals surface area contributed by atoms with E-state index in [0.717, 1.165) is 29.0 Å². The molecule has 0 spiro atoms. The van der Waals surface area contributed by atoms with E-state index in [2.05, 4.69) is 35.6 Å². The molecule has 1 aliphatic carbocycles. The Hall–Kier alpha value is -3.34. The molecular formula is C23H20N2O3. The number of nitrogens with one attached hydrogen (secondary N) is 1. The van der Waals surface area contributed by atoms with Crippen LogP contribution < -0.4 is 10.1 Å². The van der Waals surface area contributed by atoms with Crippen LogP contribution in [0.2, 0.25) is 0 Å². The lowest BCUT2D eigenvalue weighted by Gasteiger charge is -2.38. The van der Waals surface area contributed by atoms with Crippen molar-refractivity contribution in [2.75, 3.05) is 12.4 Å². The molecule has 1 heterocycles. The Morgan fingerprint density at radius 3 is 2.54 bits per heavy atom. The normalized spacial score (nSPS) is 21.8. The van der Waals surface area contributed by atoms with Crippen molar-refractivity contribution in [3.63, 3.8) is 0 Å². The molecule has 3 atom stereocenters. The zero-order chi connectivity index (χ0) is 19.3. The summed E-state index contributed by atoms with van der Waals surface area (Å²) < 4.78 is 5.63. The molecule has 0 fully saturated rings. The number of hydrogen-bond acceptors (Lipinski definition) is 4. The van der Waals surface area contributed by atoms with Crippen molar-refractivity contribution < 1.29 is 9.66 Å². The second kappa shape index (κ2) is 6.37. The van der Waals surface area contributed by atoms with E-state index in [9.17, 15) is 10.1 Å². The quantitative estimate of drug-likeness (QED) is 0.515. The standard InChI is InChI=1S/C23H20N2O3/c1-28-21-9-5-4-8-17(21)23-19-12-14-6-2-3-7-16(14)22(19)18-13-15(25(26)27)10-11-20(18)24-23/h2-11,13,19,22-24H,12H2,1H3/t19-,22-,23-/m0/s1. The molecule has 5 rings (SSSR count). The maximum Gasteiger partial charge on any atom is 0.269 e. The van der Waals surface area contributed by atoms with Gasteiger partial charge in [-0.25, -0.2) is 0 Å². The number of rotatable bonds is 3. The molecule has 0 saturated carbocycles. The summed E-state index contributed by atoms with van der Waals surface area (Å²) in [6.45, 7) is 0. The minimum atomic E-state index is -0.317. The summed E-state index contributed by atoms with van der Waals surface area (Å²) >= 11 is 0. The van der Waals surface area contributed by atoms with Crippen molar-refractivity contribution in [2.24, 2.45) is 5.92 Å². The van der Waals surface area contributed by atoms with Crippen molar-refractivity contribution in [1.82, 2.24) is 0 Å². The number of methoxy groups -OCH3 is 1. The topological polar surface area (TPSA) is 64.4 Å². The fraction of sp³-hybridized carbons (Fsp3) is 0.217. The molecular weight excluding hydrogens is 352 g/mol. The SMILES string of the molecule is COc1ccccc1[C@@H]1Nc2ccc([N+](=O)[O-])cc2[C@@H]2c3ccccc3C[C@@H]21. The highest BCUT2D eigenvalue weighted by Crippen LogP contribution is 2.55. The fourth-order valence-electron chi connectivity index (χ4n) is 4.89. The van der Waals surface area contributed by atoms with Gasteiger partial charge in [0.05, 0.1) is 18.1 Å². The monoisotopic (exact) mass is 372 g/mol. The Morgan fingerprint density at radius 2 is 1.75 bits per heavy atom. The Balaban J connectivity index is 1.70. The molecule has 1 aliphatic heterocycles. The second-order valence-corrected chi connectivity index (χ2v) is 7.44. The van der Waals surface area contributed by atoms with Crippen LogP contribution in [0.25, 0.3) is 0 Å². The Kier molecular flexibility index (Phi) is 3.83. The van der Waals surface area contributed by atoms with E-state index in [0.29, 0.717) is 0 Å². The molecule has 3 aromatic carbocycles. The molecule has 5 heteroatoms. The predicted octanol–water partition coefficient (Wildman–Crippen LogP) is 5.07. The number of anilines is 1.